The number of nitrogens with one attached hydrogen (secondary N) is 1. The van der Waals surface area contributed by atoms with Gasteiger partial charge in [0.15, 0.2) is 0 Å². The summed E-state index contributed by atoms with van der Waals surface area (Å²) < 4.78 is 30.4. The molecule has 0 spiro atoms. The number of aryl methyl sites for hydroxylation is 2. The van der Waals surface area contributed by atoms with Gasteiger partial charge in [0.05, 0.1) is 12.2 Å². The van der Waals surface area contributed by atoms with E-state index in [0.29, 0.717) is 6.54 Å². The largest absolute Gasteiger partial charge is 0.306 e. The first-order valence-electron chi connectivity index (χ1n) is 13.6. The van der Waals surface area contributed by atoms with Crippen LogP contribution in [-0.2, 0) is 17.8 Å². The van der Waals surface area contributed by atoms with Gasteiger partial charge < -0.3 is 4.90 Å². The lowest BCUT2D eigenvalue weighted by Gasteiger charge is -2.30. The molecule has 4 aromatic rings. The number of benzene rings is 3. The van der Waals surface area contributed by atoms with Crippen LogP contribution in [-0.4, -0.2) is 10.9 Å². The van der Waals surface area contributed by atoms with Crippen LogP contribution in [0.2, 0.25) is 0 Å². The van der Waals surface area contributed by atoms with Crippen LogP contribution in [0.3, 0.4) is 0 Å². The molecule has 1 aliphatic carbocycles. The number of carbonyl (C=O) groups is 1. The zero-order valence-electron chi connectivity index (χ0n) is 22.7. The Kier molecular flexibility index (Phi) is 8.92. The fourth-order valence-corrected chi connectivity index (χ4v) is 5.97. The van der Waals surface area contributed by atoms with Gasteiger partial charge in [-0.1, -0.05) is 31.2 Å². The summed E-state index contributed by atoms with van der Waals surface area (Å²) in [7, 11) is 0. The van der Waals surface area contributed by atoms with Gasteiger partial charge in [0.2, 0.25) is 5.91 Å². The van der Waals surface area contributed by atoms with E-state index in [9.17, 15) is 13.6 Å². The zero-order valence-corrected chi connectivity index (χ0v) is 23.6. The van der Waals surface area contributed by atoms with E-state index in [1.807, 2.05) is 43.0 Å². The fourth-order valence-electron chi connectivity index (χ4n) is 5.17. The lowest BCUT2D eigenvalue weighted by atomic mass is 9.87. The smallest absolute Gasteiger partial charge is 0.227 e. The fraction of sp³-hybridized carbons (Fsp3) is 0.273. The number of hydrogen-bond acceptors (Lipinski definition) is 4. The summed E-state index contributed by atoms with van der Waals surface area (Å²) in [5.74, 6) is -0.621. The maximum absolute atomic E-state index is 13.8. The second kappa shape index (κ2) is 12.7. The van der Waals surface area contributed by atoms with Gasteiger partial charge >= 0.3 is 0 Å². The molecule has 0 aliphatic heterocycles. The highest BCUT2D eigenvalue weighted by atomic mass is 32.2. The third-order valence-corrected chi connectivity index (χ3v) is 8.29. The van der Waals surface area contributed by atoms with Crippen LogP contribution in [0.25, 0.3) is 0 Å². The van der Waals surface area contributed by atoms with Crippen LogP contribution in [0.15, 0.2) is 89.8 Å². The van der Waals surface area contributed by atoms with Crippen molar-refractivity contribution >= 4 is 23.5 Å². The number of carbonyl (C=O) groups excluding carboxylic acids is 1. The molecule has 5 rings (SSSR count). The van der Waals surface area contributed by atoms with E-state index >= 15 is 0 Å². The molecule has 3 aromatic carbocycles. The molecular weight excluding hydrogens is 524 g/mol. The molecule has 2 unspecified atom stereocenters. The average Bonchev–Trinajstić information content (AvgIpc) is 2.95. The topological polar surface area (TPSA) is 45.2 Å². The summed E-state index contributed by atoms with van der Waals surface area (Å²) >= 11 is 1.50. The Morgan fingerprint density at radius 1 is 1.02 bits per heavy atom. The summed E-state index contributed by atoms with van der Waals surface area (Å²) in [6, 6.07) is 25.1. The molecule has 206 valence electrons. The van der Waals surface area contributed by atoms with Gasteiger partial charge in [-0.3, -0.25) is 14.5 Å². The van der Waals surface area contributed by atoms with Crippen molar-refractivity contribution in [3.8, 4) is 0 Å². The van der Waals surface area contributed by atoms with E-state index in [4.69, 9.17) is 0 Å². The van der Waals surface area contributed by atoms with Crippen molar-refractivity contribution in [1.82, 2.24) is 9.71 Å². The molecule has 1 N–H and O–H groups in total. The minimum atomic E-state index is -0.288. The Bertz CT molecular complexity index is 1460. The molecule has 0 bridgehead atoms. The number of hydrogen-bond donors (Lipinski definition) is 1. The quantitative estimate of drug-likeness (QED) is 0.211. The Hall–Kier alpha value is -3.55. The summed E-state index contributed by atoms with van der Waals surface area (Å²) in [6.07, 6.45) is 3.32. The summed E-state index contributed by atoms with van der Waals surface area (Å²) in [5.41, 5.74) is 5.93. The molecule has 7 heteroatoms. The number of rotatable bonds is 9. The zero-order chi connectivity index (χ0) is 28.1. The Morgan fingerprint density at radius 3 is 2.48 bits per heavy atom. The molecule has 0 fully saturated rings. The molecule has 0 radical (unpaired) electrons. The van der Waals surface area contributed by atoms with E-state index in [2.05, 4.69) is 21.8 Å². The van der Waals surface area contributed by atoms with Crippen LogP contribution >= 0.6 is 11.9 Å². The van der Waals surface area contributed by atoms with E-state index in [0.717, 1.165) is 46.8 Å². The molecule has 0 saturated heterocycles. The number of pyridine rings is 1. The Morgan fingerprint density at radius 2 is 1.75 bits per heavy atom. The second-order valence-electron chi connectivity index (χ2n) is 10.4. The minimum absolute atomic E-state index is 0.0129. The van der Waals surface area contributed by atoms with Gasteiger partial charge in [0, 0.05) is 28.7 Å². The molecule has 0 saturated carbocycles. The highest BCUT2D eigenvalue weighted by Crippen LogP contribution is 2.36. The van der Waals surface area contributed by atoms with Gasteiger partial charge in [-0.2, -0.15) is 0 Å². The van der Waals surface area contributed by atoms with Crippen molar-refractivity contribution < 1.29 is 13.6 Å². The maximum atomic E-state index is 13.8. The van der Waals surface area contributed by atoms with Gasteiger partial charge in [-0.25, -0.2) is 8.78 Å². The Balaban J connectivity index is 1.41. The molecular formula is C33H33F2N3OS. The Labute approximate surface area is 239 Å². The van der Waals surface area contributed by atoms with Gasteiger partial charge in [0.25, 0.3) is 0 Å². The van der Waals surface area contributed by atoms with Gasteiger partial charge in [-0.05, 0) is 121 Å². The van der Waals surface area contributed by atoms with Crippen molar-refractivity contribution in [2.24, 2.45) is 0 Å². The summed E-state index contributed by atoms with van der Waals surface area (Å²) in [4.78, 5) is 21.3. The second-order valence-corrected chi connectivity index (χ2v) is 11.3. The van der Waals surface area contributed by atoms with Crippen molar-refractivity contribution in [3.63, 3.8) is 0 Å². The molecule has 1 heterocycles. The van der Waals surface area contributed by atoms with Crippen LogP contribution in [0.4, 0.5) is 14.5 Å². The van der Waals surface area contributed by atoms with E-state index in [1.54, 1.807) is 24.3 Å². The number of amides is 1. The number of fused-ring (bicyclic) bond motifs is 1. The molecule has 1 aromatic heterocycles. The lowest BCUT2D eigenvalue weighted by Crippen LogP contribution is -2.32. The van der Waals surface area contributed by atoms with Crippen molar-refractivity contribution in [3.05, 3.63) is 125 Å². The minimum Gasteiger partial charge on any atom is -0.306 e. The third-order valence-electron chi connectivity index (χ3n) is 7.38. The molecule has 40 heavy (non-hydrogen) atoms. The highest BCUT2D eigenvalue weighted by molar-refractivity contribution is 7.97. The summed E-state index contributed by atoms with van der Waals surface area (Å²) in [6.45, 7) is 4.30. The molecule has 4 nitrogen and oxygen atoms in total. The van der Waals surface area contributed by atoms with Crippen LogP contribution in [0.5, 0.6) is 0 Å². The van der Waals surface area contributed by atoms with Crippen molar-refractivity contribution in [2.45, 2.75) is 62.9 Å². The molecule has 1 amide bonds. The van der Waals surface area contributed by atoms with Crippen molar-refractivity contribution in [2.75, 3.05) is 4.90 Å². The number of nitrogens with zero attached hydrogens (tertiary/aromatic N) is 2. The summed E-state index contributed by atoms with van der Waals surface area (Å²) in [5, 5.41) is 0. The monoisotopic (exact) mass is 557 g/mol. The van der Waals surface area contributed by atoms with E-state index < -0.39 is 0 Å². The third kappa shape index (κ3) is 6.95. The van der Waals surface area contributed by atoms with Crippen LogP contribution in [0, 0.1) is 18.6 Å². The first-order valence-corrected chi connectivity index (χ1v) is 14.5. The number of aromatic nitrogens is 1. The first kappa shape index (κ1) is 28.0. The van der Waals surface area contributed by atoms with Gasteiger partial charge in [-0.15, -0.1) is 0 Å². The van der Waals surface area contributed by atoms with Crippen LogP contribution in [0.1, 0.15) is 66.2 Å². The van der Waals surface area contributed by atoms with Gasteiger partial charge in [0.1, 0.15) is 11.6 Å². The number of halogens is 2. The van der Waals surface area contributed by atoms with Crippen molar-refractivity contribution in [1.29, 1.82) is 0 Å². The highest BCUT2D eigenvalue weighted by Gasteiger charge is 2.25. The van der Waals surface area contributed by atoms with Crippen LogP contribution < -0.4 is 9.62 Å². The predicted molar refractivity (Wildman–Crippen MR) is 157 cm³/mol. The first-order chi connectivity index (χ1) is 19.4. The molecule has 1 aliphatic rings. The van der Waals surface area contributed by atoms with E-state index in [-0.39, 0.29) is 35.9 Å². The predicted octanol–water partition coefficient (Wildman–Crippen LogP) is 8.07. The average molecular weight is 558 g/mol. The maximum Gasteiger partial charge on any atom is 0.227 e. The standard InChI is InChI=1S/C33H33F2N3OS/c1-22(24-9-12-26(34)13-10-24)19-33(39)38(21-28-7-3-5-23(2)36-28)29-16-11-25-6-4-8-32(31(25)20-29)37-40-30-17-14-27(35)15-18-30/h3,5,7,9-18,20,22,32,37H,4,6,8,19,21H2,1-2H3. The number of anilines is 1. The lowest BCUT2D eigenvalue weighted by molar-refractivity contribution is -0.119. The van der Waals surface area contributed by atoms with E-state index in [1.165, 1.54) is 47.3 Å². The molecule has 2 atom stereocenters. The SMILES string of the molecule is Cc1cccc(CN(C(=O)CC(C)c2ccc(F)cc2)c2ccc3c(c2)C(NSc2ccc(F)cc2)CCC3)n1. The normalized spacial score (nSPS) is 15.3.